The minimum Gasteiger partial charge on any atom is -0.357 e. The van der Waals surface area contributed by atoms with E-state index in [9.17, 15) is 0 Å². The first-order valence-corrected chi connectivity index (χ1v) is 7.27. The highest BCUT2D eigenvalue weighted by atomic mass is 16.5. The SMILES string of the molecule is CC1CCC2(CC1)NCC(C)(C)C(C(C)C)O2. The van der Waals surface area contributed by atoms with Gasteiger partial charge >= 0.3 is 0 Å². The maximum absolute atomic E-state index is 6.53. The van der Waals surface area contributed by atoms with Gasteiger partial charge in [-0.25, -0.2) is 0 Å². The Bertz CT molecular complexity index is 264. The van der Waals surface area contributed by atoms with E-state index in [1.54, 1.807) is 0 Å². The van der Waals surface area contributed by atoms with Crippen molar-refractivity contribution in [2.24, 2.45) is 17.3 Å². The summed E-state index contributed by atoms with van der Waals surface area (Å²) >= 11 is 0. The van der Waals surface area contributed by atoms with Crippen molar-refractivity contribution in [1.29, 1.82) is 0 Å². The second kappa shape index (κ2) is 4.55. The van der Waals surface area contributed by atoms with E-state index in [1.807, 2.05) is 0 Å². The lowest BCUT2D eigenvalue weighted by atomic mass is 9.76. The first kappa shape index (κ1) is 13.4. The van der Waals surface area contributed by atoms with Gasteiger partial charge in [0.1, 0.15) is 5.72 Å². The van der Waals surface area contributed by atoms with Gasteiger partial charge in [-0.15, -0.1) is 0 Å². The van der Waals surface area contributed by atoms with Crippen LogP contribution in [0.4, 0.5) is 0 Å². The smallest absolute Gasteiger partial charge is 0.119 e. The molecule has 0 amide bonds. The highest BCUT2D eigenvalue weighted by molar-refractivity contribution is 4.96. The second-order valence-electron chi connectivity index (χ2n) is 7.30. The van der Waals surface area contributed by atoms with Crippen LogP contribution in [0.25, 0.3) is 0 Å². The van der Waals surface area contributed by atoms with Gasteiger partial charge in [-0.1, -0.05) is 34.6 Å². The monoisotopic (exact) mass is 239 g/mol. The third-order valence-corrected chi connectivity index (χ3v) is 4.68. The molecule has 0 radical (unpaired) electrons. The van der Waals surface area contributed by atoms with Crippen molar-refractivity contribution in [3.63, 3.8) is 0 Å². The predicted molar refractivity (Wildman–Crippen MR) is 71.9 cm³/mol. The topological polar surface area (TPSA) is 21.3 Å². The van der Waals surface area contributed by atoms with Gasteiger partial charge in [0.2, 0.25) is 0 Å². The van der Waals surface area contributed by atoms with Gasteiger partial charge in [0.25, 0.3) is 0 Å². The average Bonchev–Trinajstić information content (AvgIpc) is 2.26. The van der Waals surface area contributed by atoms with Gasteiger partial charge in [-0.2, -0.15) is 0 Å². The minimum atomic E-state index is -0.00301. The molecule has 17 heavy (non-hydrogen) atoms. The Morgan fingerprint density at radius 2 is 1.76 bits per heavy atom. The van der Waals surface area contributed by atoms with Crippen LogP contribution >= 0.6 is 0 Å². The summed E-state index contributed by atoms with van der Waals surface area (Å²) in [5, 5.41) is 3.71. The molecule has 0 aromatic rings. The van der Waals surface area contributed by atoms with Crippen LogP contribution < -0.4 is 5.32 Å². The van der Waals surface area contributed by atoms with E-state index in [-0.39, 0.29) is 11.1 Å². The number of ether oxygens (including phenoxy) is 1. The van der Waals surface area contributed by atoms with Crippen LogP contribution in [0.15, 0.2) is 0 Å². The molecule has 2 rings (SSSR count). The lowest BCUT2D eigenvalue weighted by Crippen LogP contribution is -2.63. The first-order valence-electron chi connectivity index (χ1n) is 7.27. The van der Waals surface area contributed by atoms with Crippen molar-refractivity contribution < 1.29 is 4.74 Å². The van der Waals surface area contributed by atoms with Crippen LogP contribution in [0.2, 0.25) is 0 Å². The molecule has 1 unspecified atom stereocenters. The second-order valence-corrected chi connectivity index (χ2v) is 7.30. The third kappa shape index (κ3) is 2.68. The summed E-state index contributed by atoms with van der Waals surface area (Å²) < 4.78 is 6.53. The number of rotatable bonds is 1. The summed E-state index contributed by atoms with van der Waals surface area (Å²) in [6, 6.07) is 0. The summed E-state index contributed by atoms with van der Waals surface area (Å²) in [5.41, 5.74) is 0.249. The molecule has 1 saturated heterocycles. The van der Waals surface area contributed by atoms with E-state index >= 15 is 0 Å². The van der Waals surface area contributed by atoms with Crippen LogP contribution in [-0.4, -0.2) is 18.4 Å². The molecular weight excluding hydrogens is 210 g/mol. The summed E-state index contributed by atoms with van der Waals surface area (Å²) in [6.07, 6.45) is 5.37. The Morgan fingerprint density at radius 3 is 2.29 bits per heavy atom. The van der Waals surface area contributed by atoms with E-state index < -0.39 is 0 Å². The zero-order valence-corrected chi connectivity index (χ0v) is 12.2. The van der Waals surface area contributed by atoms with Gasteiger partial charge in [0.05, 0.1) is 6.10 Å². The van der Waals surface area contributed by atoms with Gasteiger partial charge < -0.3 is 4.74 Å². The summed E-state index contributed by atoms with van der Waals surface area (Å²) in [4.78, 5) is 0. The molecule has 1 aliphatic carbocycles. The fourth-order valence-corrected chi connectivity index (χ4v) is 3.50. The lowest BCUT2D eigenvalue weighted by Gasteiger charge is -2.53. The maximum Gasteiger partial charge on any atom is 0.119 e. The van der Waals surface area contributed by atoms with Crippen molar-refractivity contribution in [2.45, 2.75) is 72.1 Å². The third-order valence-electron chi connectivity index (χ3n) is 4.68. The van der Waals surface area contributed by atoms with E-state index in [4.69, 9.17) is 4.74 Å². The Balaban J connectivity index is 2.08. The fourth-order valence-electron chi connectivity index (χ4n) is 3.50. The number of hydrogen-bond acceptors (Lipinski definition) is 2. The molecule has 2 fully saturated rings. The summed E-state index contributed by atoms with van der Waals surface area (Å²) in [7, 11) is 0. The summed E-state index contributed by atoms with van der Waals surface area (Å²) in [6.45, 7) is 12.7. The Labute approximate surface area is 107 Å². The van der Waals surface area contributed by atoms with Crippen molar-refractivity contribution in [1.82, 2.24) is 5.32 Å². The van der Waals surface area contributed by atoms with Gasteiger partial charge in [0, 0.05) is 12.0 Å². The minimum absolute atomic E-state index is 0.00301. The molecule has 1 saturated carbocycles. The number of hydrogen-bond donors (Lipinski definition) is 1. The molecule has 0 aromatic heterocycles. The molecule has 0 aromatic carbocycles. The molecule has 2 aliphatic rings. The lowest BCUT2D eigenvalue weighted by molar-refractivity contribution is -0.217. The van der Waals surface area contributed by atoms with Crippen LogP contribution in [-0.2, 0) is 4.74 Å². The fraction of sp³-hybridized carbons (Fsp3) is 1.00. The van der Waals surface area contributed by atoms with E-state index in [1.165, 1.54) is 25.7 Å². The summed E-state index contributed by atoms with van der Waals surface area (Å²) in [5.74, 6) is 1.47. The highest BCUT2D eigenvalue weighted by Crippen LogP contribution is 2.42. The standard InChI is InChI=1S/C15H29NO/c1-11(2)13-14(4,5)10-16-15(17-13)8-6-12(3)7-9-15/h11-13,16H,6-10H2,1-5H3. The zero-order chi connectivity index (χ0) is 12.7. The molecule has 2 heteroatoms. The molecule has 1 atom stereocenters. The van der Waals surface area contributed by atoms with Gasteiger partial charge in [-0.3, -0.25) is 5.32 Å². The molecule has 100 valence electrons. The Morgan fingerprint density at radius 1 is 1.18 bits per heavy atom. The van der Waals surface area contributed by atoms with Gasteiger partial charge in [0.15, 0.2) is 0 Å². The molecule has 1 heterocycles. The molecule has 1 spiro atoms. The van der Waals surface area contributed by atoms with Crippen molar-refractivity contribution in [3.8, 4) is 0 Å². The zero-order valence-electron chi connectivity index (χ0n) is 12.2. The maximum atomic E-state index is 6.53. The number of nitrogens with one attached hydrogen (secondary N) is 1. The molecule has 1 N–H and O–H groups in total. The normalized spacial score (nSPS) is 42.0. The van der Waals surface area contributed by atoms with E-state index in [0.29, 0.717) is 12.0 Å². The Hall–Kier alpha value is -0.0800. The first-order chi connectivity index (χ1) is 7.85. The van der Waals surface area contributed by atoms with Gasteiger partial charge in [-0.05, 0) is 37.5 Å². The van der Waals surface area contributed by atoms with Crippen LogP contribution in [0.5, 0.6) is 0 Å². The average molecular weight is 239 g/mol. The largest absolute Gasteiger partial charge is 0.357 e. The molecule has 2 nitrogen and oxygen atoms in total. The van der Waals surface area contributed by atoms with Crippen molar-refractivity contribution in [2.75, 3.05) is 6.54 Å². The highest BCUT2D eigenvalue weighted by Gasteiger charge is 2.47. The van der Waals surface area contributed by atoms with E-state index in [2.05, 4.69) is 39.9 Å². The molecule has 1 aliphatic heterocycles. The van der Waals surface area contributed by atoms with Crippen molar-refractivity contribution in [3.05, 3.63) is 0 Å². The van der Waals surface area contributed by atoms with Crippen LogP contribution in [0.1, 0.15) is 60.3 Å². The van der Waals surface area contributed by atoms with Crippen LogP contribution in [0, 0.1) is 17.3 Å². The van der Waals surface area contributed by atoms with E-state index in [0.717, 1.165) is 12.5 Å². The van der Waals surface area contributed by atoms with Crippen molar-refractivity contribution >= 4 is 0 Å². The quantitative estimate of drug-likeness (QED) is 0.755. The molecular formula is C15H29NO. The van der Waals surface area contributed by atoms with Crippen LogP contribution in [0.3, 0.4) is 0 Å². The predicted octanol–water partition coefficient (Wildman–Crippen LogP) is 3.56. The molecule has 0 bridgehead atoms. The Kier molecular flexibility index (Phi) is 3.57.